The molecule has 2 bridgehead atoms. The predicted molar refractivity (Wildman–Crippen MR) is 131 cm³/mol. The van der Waals surface area contributed by atoms with Crippen molar-refractivity contribution in [2.45, 2.75) is 31.3 Å². The van der Waals surface area contributed by atoms with Gasteiger partial charge in [-0.1, -0.05) is 48.5 Å². The van der Waals surface area contributed by atoms with Crippen LogP contribution in [-0.2, 0) is 15.0 Å². The van der Waals surface area contributed by atoms with Crippen molar-refractivity contribution in [3.05, 3.63) is 99.1 Å². The van der Waals surface area contributed by atoms with Gasteiger partial charge >= 0.3 is 0 Å². The van der Waals surface area contributed by atoms with Gasteiger partial charge in [-0.3, -0.25) is 19.7 Å². The van der Waals surface area contributed by atoms with E-state index < -0.39 is 46.0 Å². The van der Waals surface area contributed by atoms with E-state index in [1.807, 2.05) is 48.5 Å². The van der Waals surface area contributed by atoms with E-state index in [2.05, 4.69) is 0 Å². The van der Waals surface area contributed by atoms with Crippen LogP contribution < -0.4 is 9.64 Å². The number of aliphatic hydroxyl groups excluding tert-OH is 1. The van der Waals surface area contributed by atoms with E-state index in [0.29, 0.717) is 6.61 Å². The molecular weight excluding hydrogens is 460 g/mol. The first-order chi connectivity index (χ1) is 17.3. The van der Waals surface area contributed by atoms with Crippen LogP contribution in [0.15, 0.2) is 66.7 Å². The Morgan fingerprint density at radius 1 is 1.03 bits per heavy atom. The molecular formula is C28H24N2O6. The molecule has 0 aromatic heterocycles. The summed E-state index contributed by atoms with van der Waals surface area (Å²) in [5.41, 5.74) is 1.85. The van der Waals surface area contributed by atoms with Crippen molar-refractivity contribution in [3.63, 3.8) is 0 Å². The zero-order chi connectivity index (χ0) is 25.4. The maximum Gasteiger partial charge on any atom is 0.297 e. The van der Waals surface area contributed by atoms with Crippen LogP contribution in [0.1, 0.15) is 42.0 Å². The standard InChI is InChI=1S/C28H24N2O6/c1-3-36-16-12-13-21(22(14-16)30(34)35)29-26(32)24-23-17-8-4-6-10-19(17)28(15(2)31,25(24)27(29)33)20-11-7-5-9-18(20)23/h4-15,23-25,31H,3H2,1-2H3/t15-,23?,24+,25+,28?/m0/s1. The lowest BCUT2D eigenvalue weighted by molar-refractivity contribution is -0.384. The first kappa shape index (κ1) is 22.4. The number of hydrogen-bond acceptors (Lipinski definition) is 6. The molecule has 8 nitrogen and oxygen atoms in total. The van der Waals surface area contributed by atoms with Crippen molar-refractivity contribution in [3.8, 4) is 5.75 Å². The number of benzene rings is 3. The summed E-state index contributed by atoms with van der Waals surface area (Å²) in [7, 11) is 0. The largest absolute Gasteiger partial charge is 0.494 e. The van der Waals surface area contributed by atoms with Gasteiger partial charge < -0.3 is 9.84 Å². The lowest BCUT2D eigenvalue weighted by Crippen LogP contribution is -2.58. The molecule has 4 aliphatic rings. The van der Waals surface area contributed by atoms with E-state index in [1.54, 1.807) is 13.8 Å². The Hall–Kier alpha value is -4.04. The van der Waals surface area contributed by atoms with Crippen LogP contribution in [0.3, 0.4) is 0 Å². The average molecular weight is 485 g/mol. The topological polar surface area (TPSA) is 110 Å². The molecule has 1 fully saturated rings. The number of carbonyl (C=O) groups is 2. The Morgan fingerprint density at radius 2 is 1.64 bits per heavy atom. The minimum absolute atomic E-state index is 0.0823. The minimum Gasteiger partial charge on any atom is -0.494 e. The van der Waals surface area contributed by atoms with Crippen molar-refractivity contribution in [2.24, 2.45) is 11.8 Å². The summed E-state index contributed by atoms with van der Waals surface area (Å²) in [6.45, 7) is 3.73. The molecule has 36 heavy (non-hydrogen) atoms. The quantitative estimate of drug-likeness (QED) is 0.334. The van der Waals surface area contributed by atoms with Gasteiger partial charge in [-0.05, 0) is 48.2 Å². The van der Waals surface area contributed by atoms with Gasteiger partial charge in [-0.15, -0.1) is 0 Å². The van der Waals surface area contributed by atoms with Gasteiger partial charge in [-0.25, -0.2) is 4.90 Å². The highest BCUT2D eigenvalue weighted by molar-refractivity contribution is 6.24. The Morgan fingerprint density at radius 3 is 2.19 bits per heavy atom. The molecule has 3 aromatic rings. The second-order valence-corrected chi connectivity index (χ2v) is 9.55. The first-order valence-electron chi connectivity index (χ1n) is 12.0. The molecule has 1 aliphatic heterocycles. The third kappa shape index (κ3) is 2.62. The molecule has 3 aliphatic carbocycles. The number of carbonyl (C=O) groups excluding carboxylic acids is 2. The van der Waals surface area contributed by atoms with Crippen molar-refractivity contribution in [1.29, 1.82) is 0 Å². The zero-order valence-corrected chi connectivity index (χ0v) is 19.8. The Bertz CT molecular complexity index is 1400. The number of nitro groups is 1. The Balaban J connectivity index is 1.60. The normalized spacial score (nSPS) is 26.3. The second-order valence-electron chi connectivity index (χ2n) is 9.55. The lowest BCUT2D eigenvalue weighted by Gasteiger charge is -2.55. The molecule has 1 heterocycles. The van der Waals surface area contributed by atoms with E-state index in [-0.39, 0.29) is 17.1 Å². The molecule has 3 aromatic carbocycles. The van der Waals surface area contributed by atoms with Crippen molar-refractivity contribution in [2.75, 3.05) is 11.5 Å². The summed E-state index contributed by atoms with van der Waals surface area (Å²) in [4.78, 5) is 40.6. The average Bonchev–Trinajstić information content (AvgIpc) is 3.14. The molecule has 182 valence electrons. The third-order valence-electron chi connectivity index (χ3n) is 8.04. The maximum atomic E-state index is 14.2. The van der Waals surface area contributed by atoms with Crippen molar-refractivity contribution in [1.82, 2.24) is 0 Å². The number of nitro benzene ring substituents is 1. The summed E-state index contributed by atoms with van der Waals surface area (Å²) in [6, 6.07) is 19.4. The van der Waals surface area contributed by atoms with Crippen LogP contribution >= 0.6 is 0 Å². The lowest BCUT2D eigenvalue weighted by atomic mass is 9.46. The smallest absolute Gasteiger partial charge is 0.297 e. The van der Waals surface area contributed by atoms with Crippen LogP contribution in [0.2, 0.25) is 0 Å². The second kappa shape index (κ2) is 7.73. The fourth-order valence-corrected chi connectivity index (χ4v) is 6.87. The molecule has 7 rings (SSSR count). The number of rotatable bonds is 5. The molecule has 0 spiro atoms. The van der Waals surface area contributed by atoms with Crippen LogP contribution in [0.25, 0.3) is 0 Å². The van der Waals surface area contributed by atoms with E-state index in [1.165, 1.54) is 18.2 Å². The number of ether oxygens (including phenoxy) is 1. The van der Waals surface area contributed by atoms with Gasteiger partial charge in [0.25, 0.3) is 5.69 Å². The molecule has 0 unspecified atom stereocenters. The van der Waals surface area contributed by atoms with Crippen LogP contribution in [-0.4, -0.2) is 34.6 Å². The summed E-state index contributed by atoms with van der Waals surface area (Å²) >= 11 is 0. The molecule has 3 atom stereocenters. The van der Waals surface area contributed by atoms with Gasteiger partial charge in [0.2, 0.25) is 11.8 Å². The predicted octanol–water partition coefficient (Wildman–Crippen LogP) is 3.93. The highest BCUT2D eigenvalue weighted by atomic mass is 16.6. The van der Waals surface area contributed by atoms with Crippen LogP contribution in [0.4, 0.5) is 11.4 Å². The molecule has 0 radical (unpaired) electrons. The van der Waals surface area contributed by atoms with Crippen LogP contribution in [0, 0.1) is 22.0 Å². The molecule has 1 N–H and O–H groups in total. The van der Waals surface area contributed by atoms with E-state index in [9.17, 15) is 24.8 Å². The SMILES string of the molecule is CCOc1ccc(N2C(=O)[C@@H]3C4c5ccccc5C([C@H](C)O)(c5ccccc54)[C@H]3C2=O)c([N+](=O)[O-])c1. The molecule has 1 saturated heterocycles. The third-order valence-corrected chi connectivity index (χ3v) is 8.04. The maximum absolute atomic E-state index is 14.2. The number of nitrogens with zero attached hydrogens (tertiary/aromatic N) is 2. The van der Waals surface area contributed by atoms with Gasteiger partial charge in [0, 0.05) is 5.92 Å². The molecule has 2 amide bonds. The number of aliphatic hydroxyl groups is 1. The zero-order valence-electron chi connectivity index (χ0n) is 19.8. The summed E-state index contributed by atoms with van der Waals surface area (Å²) in [6.07, 6.45) is -0.999. The van der Waals surface area contributed by atoms with Crippen LogP contribution in [0.5, 0.6) is 5.75 Å². The minimum atomic E-state index is -1.16. The number of amides is 2. The van der Waals surface area contributed by atoms with Gasteiger partial charge in [0.15, 0.2) is 0 Å². The highest BCUT2D eigenvalue weighted by Crippen LogP contribution is 2.65. The Labute approximate surface area is 207 Å². The summed E-state index contributed by atoms with van der Waals surface area (Å²) in [5, 5.41) is 23.4. The number of imide groups is 1. The first-order valence-corrected chi connectivity index (χ1v) is 12.0. The van der Waals surface area contributed by atoms with E-state index >= 15 is 0 Å². The fraction of sp³-hybridized carbons (Fsp3) is 0.286. The van der Waals surface area contributed by atoms with E-state index in [4.69, 9.17) is 4.74 Å². The van der Waals surface area contributed by atoms with Gasteiger partial charge in [0.1, 0.15) is 11.4 Å². The fourth-order valence-electron chi connectivity index (χ4n) is 6.87. The van der Waals surface area contributed by atoms with Gasteiger partial charge in [0.05, 0.1) is 41.0 Å². The molecule has 8 heteroatoms. The van der Waals surface area contributed by atoms with Crippen molar-refractivity contribution < 1.29 is 24.4 Å². The highest BCUT2D eigenvalue weighted by Gasteiger charge is 2.70. The molecule has 0 saturated carbocycles. The Kier molecular flexibility index (Phi) is 4.82. The summed E-state index contributed by atoms with van der Waals surface area (Å²) in [5.74, 6) is -2.83. The van der Waals surface area contributed by atoms with Crippen molar-refractivity contribution >= 4 is 23.2 Å². The summed E-state index contributed by atoms with van der Waals surface area (Å²) < 4.78 is 5.41. The number of hydrogen-bond donors (Lipinski definition) is 1. The van der Waals surface area contributed by atoms with Gasteiger partial charge in [-0.2, -0.15) is 0 Å². The van der Waals surface area contributed by atoms with E-state index in [0.717, 1.165) is 27.2 Å². The number of anilines is 1. The monoisotopic (exact) mass is 484 g/mol.